The van der Waals surface area contributed by atoms with Gasteiger partial charge in [-0.3, -0.25) is 9.59 Å². The number of nitriles is 1. The minimum absolute atomic E-state index is 0.0287. The molecule has 2 amide bonds. The molecule has 0 unspecified atom stereocenters. The van der Waals surface area contributed by atoms with Crippen LogP contribution in [0, 0.1) is 11.3 Å². The molecule has 1 heterocycles. The summed E-state index contributed by atoms with van der Waals surface area (Å²) in [4.78, 5) is 27.2. The van der Waals surface area contributed by atoms with Gasteiger partial charge in [-0.15, -0.1) is 0 Å². The number of anilines is 1. The number of benzene rings is 2. The Morgan fingerprint density at radius 2 is 1.62 bits per heavy atom. The molecule has 0 aromatic heterocycles. The van der Waals surface area contributed by atoms with Crippen LogP contribution in [0.3, 0.4) is 0 Å². The van der Waals surface area contributed by atoms with Gasteiger partial charge in [-0.05, 0) is 43.2 Å². The fourth-order valence-electron chi connectivity index (χ4n) is 3.13. The largest absolute Gasteiger partial charge is 0.339 e. The minimum Gasteiger partial charge on any atom is -0.339 e. The summed E-state index contributed by atoms with van der Waals surface area (Å²) < 4.78 is 0. The van der Waals surface area contributed by atoms with Crippen molar-refractivity contribution in [2.24, 2.45) is 0 Å². The van der Waals surface area contributed by atoms with Gasteiger partial charge in [0.15, 0.2) is 0 Å². The molecule has 0 aliphatic carbocycles. The molecule has 0 radical (unpaired) electrons. The highest BCUT2D eigenvalue weighted by Gasteiger charge is 2.18. The summed E-state index contributed by atoms with van der Waals surface area (Å²) in [6.45, 7) is 1.54. The van der Waals surface area contributed by atoms with Crippen LogP contribution in [0.4, 0.5) is 5.69 Å². The molecule has 5 nitrogen and oxygen atoms in total. The van der Waals surface area contributed by atoms with Crippen LogP contribution in [0.2, 0.25) is 0 Å². The lowest BCUT2D eigenvalue weighted by Gasteiger charge is -2.20. The quantitative estimate of drug-likeness (QED) is 0.917. The van der Waals surface area contributed by atoms with Crippen LogP contribution in [0.1, 0.15) is 52.0 Å². The fraction of sp³-hybridized carbons (Fsp3) is 0.286. The van der Waals surface area contributed by atoms with Gasteiger partial charge >= 0.3 is 0 Å². The SMILES string of the molecule is N#Cc1ccccc1NC(=O)c1cccc(C(=O)N2CCCCCC2)c1. The van der Waals surface area contributed by atoms with E-state index in [-0.39, 0.29) is 11.8 Å². The van der Waals surface area contributed by atoms with Crippen LogP contribution in [0.15, 0.2) is 48.5 Å². The van der Waals surface area contributed by atoms with Crippen molar-refractivity contribution in [2.45, 2.75) is 25.7 Å². The second-order valence-corrected chi connectivity index (χ2v) is 6.40. The van der Waals surface area contributed by atoms with E-state index >= 15 is 0 Å². The van der Waals surface area contributed by atoms with E-state index in [0.29, 0.717) is 22.4 Å². The van der Waals surface area contributed by atoms with Crippen molar-refractivity contribution >= 4 is 17.5 Å². The number of carbonyl (C=O) groups excluding carboxylic acids is 2. The number of carbonyl (C=O) groups is 2. The number of nitrogens with one attached hydrogen (secondary N) is 1. The summed E-state index contributed by atoms with van der Waals surface area (Å²) in [5.74, 6) is -0.364. The van der Waals surface area contributed by atoms with Crippen LogP contribution in [-0.4, -0.2) is 29.8 Å². The van der Waals surface area contributed by atoms with Gasteiger partial charge in [0, 0.05) is 24.2 Å². The predicted octanol–water partition coefficient (Wildman–Crippen LogP) is 3.83. The molecule has 1 saturated heterocycles. The number of hydrogen-bond acceptors (Lipinski definition) is 3. The van der Waals surface area contributed by atoms with Gasteiger partial charge in [0.25, 0.3) is 11.8 Å². The Bertz CT molecular complexity index is 846. The van der Waals surface area contributed by atoms with Crippen LogP contribution in [0.25, 0.3) is 0 Å². The van der Waals surface area contributed by atoms with E-state index in [1.54, 1.807) is 48.5 Å². The van der Waals surface area contributed by atoms with Crippen LogP contribution in [-0.2, 0) is 0 Å². The van der Waals surface area contributed by atoms with E-state index in [1.807, 2.05) is 4.90 Å². The van der Waals surface area contributed by atoms with Gasteiger partial charge in [-0.1, -0.05) is 31.0 Å². The molecule has 3 rings (SSSR count). The molecule has 26 heavy (non-hydrogen) atoms. The number of rotatable bonds is 3. The molecule has 5 heteroatoms. The zero-order valence-electron chi connectivity index (χ0n) is 14.6. The van der Waals surface area contributed by atoms with Gasteiger partial charge in [-0.25, -0.2) is 0 Å². The number of likely N-dealkylation sites (tertiary alicyclic amines) is 1. The maximum Gasteiger partial charge on any atom is 0.255 e. The Balaban J connectivity index is 1.77. The Labute approximate surface area is 153 Å². The third kappa shape index (κ3) is 4.09. The first-order valence-electron chi connectivity index (χ1n) is 8.89. The molecule has 0 atom stereocenters. The molecule has 1 N–H and O–H groups in total. The average molecular weight is 347 g/mol. The standard InChI is InChI=1S/C21H21N3O2/c22-15-18-8-3-4-11-19(18)23-20(25)16-9-7-10-17(14-16)21(26)24-12-5-1-2-6-13-24/h3-4,7-11,14H,1-2,5-6,12-13H2,(H,23,25). The molecular formula is C21H21N3O2. The maximum atomic E-state index is 12.7. The smallest absolute Gasteiger partial charge is 0.255 e. The number of para-hydroxylation sites is 1. The molecular weight excluding hydrogens is 326 g/mol. The molecule has 1 aliphatic heterocycles. The second-order valence-electron chi connectivity index (χ2n) is 6.40. The number of nitrogens with zero attached hydrogens (tertiary/aromatic N) is 2. The van der Waals surface area contributed by atoms with Gasteiger partial charge < -0.3 is 10.2 Å². The van der Waals surface area contributed by atoms with Gasteiger partial charge in [0.1, 0.15) is 6.07 Å². The first-order chi connectivity index (χ1) is 12.7. The maximum absolute atomic E-state index is 12.7. The molecule has 132 valence electrons. The summed E-state index contributed by atoms with van der Waals surface area (Å²) in [5, 5.41) is 11.9. The molecule has 2 aromatic rings. The molecule has 0 saturated carbocycles. The lowest BCUT2D eigenvalue weighted by molar-refractivity contribution is 0.0761. The van der Waals surface area contributed by atoms with Gasteiger partial charge in [0.2, 0.25) is 0 Å². The van der Waals surface area contributed by atoms with Crippen molar-refractivity contribution < 1.29 is 9.59 Å². The molecule has 0 spiro atoms. The van der Waals surface area contributed by atoms with E-state index in [9.17, 15) is 9.59 Å². The summed E-state index contributed by atoms with van der Waals surface area (Å²) in [5.41, 5.74) is 1.79. The van der Waals surface area contributed by atoms with Crippen molar-refractivity contribution in [2.75, 3.05) is 18.4 Å². The third-order valence-electron chi connectivity index (χ3n) is 4.56. The van der Waals surface area contributed by atoms with E-state index in [0.717, 1.165) is 38.8 Å². The van der Waals surface area contributed by atoms with E-state index < -0.39 is 0 Å². The summed E-state index contributed by atoms with van der Waals surface area (Å²) in [6.07, 6.45) is 4.36. The van der Waals surface area contributed by atoms with E-state index in [2.05, 4.69) is 11.4 Å². The predicted molar refractivity (Wildman–Crippen MR) is 99.9 cm³/mol. The van der Waals surface area contributed by atoms with Crippen LogP contribution >= 0.6 is 0 Å². The molecule has 1 fully saturated rings. The Morgan fingerprint density at radius 3 is 2.35 bits per heavy atom. The summed E-state index contributed by atoms with van der Waals surface area (Å²) in [6, 6.07) is 15.6. The Kier molecular flexibility index (Phi) is 5.65. The molecule has 2 aromatic carbocycles. The first-order valence-corrected chi connectivity index (χ1v) is 8.89. The highest BCUT2D eigenvalue weighted by molar-refractivity contribution is 6.06. The minimum atomic E-state index is -0.335. The zero-order valence-corrected chi connectivity index (χ0v) is 14.6. The third-order valence-corrected chi connectivity index (χ3v) is 4.56. The summed E-state index contributed by atoms with van der Waals surface area (Å²) in [7, 11) is 0. The topological polar surface area (TPSA) is 73.2 Å². The van der Waals surface area contributed by atoms with Gasteiger partial charge in [-0.2, -0.15) is 5.26 Å². The molecule has 0 bridgehead atoms. The van der Waals surface area contributed by atoms with E-state index in [1.165, 1.54) is 0 Å². The fourth-order valence-corrected chi connectivity index (χ4v) is 3.13. The highest BCUT2D eigenvalue weighted by atomic mass is 16.2. The number of amides is 2. The zero-order chi connectivity index (χ0) is 18.4. The second kappa shape index (κ2) is 8.30. The van der Waals surface area contributed by atoms with Crippen molar-refractivity contribution in [3.05, 3.63) is 65.2 Å². The highest BCUT2D eigenvalue weighted by Crippen LogP contribution is 2.17. The Hall–Kier alpha value is -3.13. The number of hydrogen-bond donors (Lipinski definition) is 1. The lowest BCUT2D eigenvalue weighted by Crippen LogP contribution is -2.32. The van der Waals surface area contributed by atoms with Crippen molar-refractivity contribution in [1.29, 1.82) is 5.26 Å². The summed E-state index contributed by atoms with van der Waals surface area (Å²) >= 11 is 0. The monoisotopic (exact) mass is 347 g/mol. The van der Waals surface area contributed by atoms with Crippen molar-refractivity contribution in [1.82, 2.24) is 4.90 Å². The van der Waals surface area contributed by atoms with Crippen molar-refractivity contribution in [3.8, 4) is 6.07 Å². The lowest BCUT2D eigenvalue weighted by atomic mass is 10.1. The normalized spacial score (nSPS) is 14.2. The van der Waals surface area contributed by atoms with E-state index in [4.69, 9.17) is 5.26 Å². The van der Waals surface area contributed by atoms with Crippen LogP contribution in [0.5, 0.6) is 0 Å². The molecule has 1 aliphatic rings. The van der Waals surface area contributed by atoms with Crippen LogP contribution < -0.4 is 5.32 Å². The first kappa shape index (κ1) is 17.7. The Morgan fingerprint density at radius 1 is 0.923 bits per heavy atom. The van der Waals surface area contributed by atoms with Crippen molar-refractivity contribution in [3.63, 3.8) is 0 Å². The van der Waals surface area contributed by atoms with Gasteiger partial charge in [0.05, 0.1) is 11.3 Å². The average Bonchev–Trinajstić information content (AvgIpc) is 2.97.